The van der Waals surface area contributed by atoms with Crippen molar-refractivity contribution >= 4 is 31.6 Å². The number of nitrogens with one attached hydrogen (secondary N) is 1. The van der Waals surface area contributed by atoms with Gasteiger partial charge in [-0.1, -0.05) is 22.0 Å². The van der Waals surface area contributed by atoms with Crippen molar-refractivity contribution in [2.75, 3.05) is 4.72 Å². The van der Waals surface area contributed by atoms with Gasteiger partial charge in [-0.05, 0) is 42.8 Å². The van der Waals surface area contributed by atoms with E-state index >= 15 is 0 Å². The van der Waals surface area contributed by atoms with Crippen molar-refractivity contribution in [3.63, 3.8) is 0 Å². The van der Waals surface area contributed by atoms with Crippen LogP contribution in [0.5, 0.6) is 0 Å². The van der Waals surface area contributed by atoms with Crippen LogP contribution in [-0.4, -0.2) is 8.42 Å². The molecule has 9 heteroatoms. The predicted molar refractivity (Wildman–Crippen MR) is 81.1 cm³/mol. The van der Waals surface area contributed by atoms with Gasteiger partial charge < -0.3 is 0 Å². The van der Waals surface area contributed by atoms with Gasteiger partial charge in [0.1, 0.15) is 5.82 Å². The summed E-state index contributed by atoms with van der Waals surface area (Å²) in [5.41, 5.74) is -0.720. The summed E-state index contributed by atoms with van der Waals surface area (Å²) in [6.07, 6.45) is -4.69. The molecular formula is C14H10BrF4NO2S. The average molecular weight is 412 g/mol. The van der Waals surface area contributed by atoms with Crippen LogP contribution in [0.25, 0.3) is 0 Å². The molecule has 0 saturated carbocycles. The summed E-state index contributed by atoms with van der Waals surface area (Å²) in [6, 6.07) is 5.78. The summed E-state index contributed by atoms with van der Waals surface area (Å²) in [4.78, 5) is -0.581. The van der Waals surface area contributed by atoms with Crippen molar-refractivity contribution in [2.24, 2.45) is 0 Å². The number of hydrogen-bond donors (Lipinski definition) is 1. The Hall–Kier alpha value is -1.61. The Morgan fingerprint density at radius 1 is 1.09 bits per heavy atom. The molecule has 2 aromatic carbocycles. The normalized spacial score (nSPS) is 12.3. The number of aryl methyl sites for hydroxylation is 1. The topological polar surface area (TPSA) is 46.2 Å². The molecule has 0 amide bonds. The number of benzene rings is 2. The maximum atomic E-state index is 13.2. The highest BCUT2D eigenvalue weighted by Crippen LogP contribution is 2.33. The Balaban J connectivity index is 2.48. The van der Waals surface area contributed by atoms with Gasteiger partial charge in [-0.25, -0.2) is 12.8 Å². The zero-order valence-corrected chi connectivity index (χ0v) is 14.0. The van der Waals surface area contributed by atoms with E-state index in [1.165, 1.54) is 6.07 Å². The maximum absolute atomic E-state index is 13.2. The van der Waals surface area contributed by atoms with E-state index in [-0.39, 0.29) is 10.2 Å². The molecule has 0 heterocycles. The first kappa shape index (κ1) is 17.7. The molecule has 23 heavy (non-hydrogen) atoms. The number of anilines is 1. The zero-order valence-electron chi connectivity index (χ0n) is 11.6. The Morgan fingerprint density at radius 3 is 2.35 bits per heavy atom. The maximum Gasteiger partial charge on any atom is 0.416 e. The summed E-state index contributed by atoms with van der Waals surface area (Å²) in [7, 11) is -4.30. The Kier molecular flexibility index (Phi) is 4.72. The predicted octanol–water partition coefficient (Wildman–Crippen LogP) is 4.72. The molecule has 0 aromatic heterocycles. The van der Waals surface area contributed by atoms with Crippen LogP contribution in [0.2, 0.25) is 0 Å². The molecule has 2 rings (SSSR count). The molecule has 0 aliphatic rings. The standard InChI is InChI=1S/C14H10BrF4NO2S/c1-8-2-3-11(16)7-13(8)20-23(21,22)12-5-9(14(17,18)19)4-10(15)6-12/h2-7,20H,1H3. The largest absolute Gasteiger partial charge is 0.416 e. The minimum Gasteiger partial charge on any atom is -0.279 e. The molecule has 0 spiro atoms. The molecule has 0 aliphatic carbocycles. The van der Waals surface area contributed by atoms with Crippen molar-refractivity contribution in [2.45, 2.75) is 18.0 Å². The van der Waals surface area contributed by atoms with Gasteiger partial charge >= 0.3 is 6.18 Å². The van der Waals surface area contributed by atoms with Crippen LogP contribution in [0.15, 0.2) is 45.8 Å². The van der Waals surface area contributed by atoms with Crippen molar-refractivity contribution in [1.82, 2.24) is 0 Å². The summed E-state index contributed by atoms with van der Waals surface area (Å²) >= 11 is 2.86. The van der Waals surface area contributed by atoms with Crippen molar-refractivity contribution < 1.29 is 26.0 Å². The van der Waals surface area contributed by atoms with E-state index in [0.29, 0.717) is 11.6 Å². The molecule has 0 atom stereocenters. The minimum absolute atomic E-state index is 0.0383. The quantitative estimate of drug-likeness (QED) is 0.742. The Labute approximate surface area is 138 Å². The molecule has 0 unspecified atom stereocenters. The first-order chi connectivity index (χ1) is 10.5. The summed E-state index contributed by atoms with van der Waals surface area (Å²) < 4.78 is 78.2. The van der Waals surface area contributed by atoms with Gasteiger partial charge in [0.2, 0.25) is 0 Å². The van der Waals surface area contributed by atoms with Crippen LogP contribution in [0.4, 0.5) is 23.2 Å². The van der Waals surface area contributed by atoms with E-state index in [0.717, 1.165) is 24.3 Å². The lowest BCUT2D eigenvalue weighted by Crippen LogP contribution is -2.15. The van der Waals surface area contributed by atoms with Gasteiger partial charge in [-0.2, -0.15) is 13.2 Å². The first-order valence-corrected chi connectivity index (χ1v) is 8.43. The van der Waals surface area contributed by atoms with Gasteiger partial charge in [0.25, 0.3) is 10.0 Å². The van der Waals surface area contributed by atoms with Crippen LogP contribution >= 0.6 is 15.9 Å². The smallest absolute Gasteiger partial charge is 0.279 e. The van der Waals surface area contributed by atoms with Crippen LogP contribution < -0.4 is 4.72 Å². The van der Waals surface area contributed by atoms with Gasteiger partial charge in [-0.15, -0.1) is 0 Å². The number of alkyl halides is 3. The Bertz CT molecular complexity index is 850. The van der Waals surface area contributed by atoms with E-state index in [9.17, 15) is 26.0 Å². The fourth-order valence-corrected chi connectivity index (χ4v) is 3.63. The third-order valence-corrected chi connectivity index (χ3v) is 4.76. The van der Waals surface area contributed by atoms with Crippen LogP contribution in [0.3, 0.4) is 0 Å². The second-order valence-corrected chi connectivity index (χ2v) is 7.34. The lowest BCUT2D eigenvalue weighted by molar-refractivity contribution is -0.137. The fraction of sp³-hybridized carbons (Fsp3) is 0.143. The third-order valence-electron chi connectivity index (χ3n) is 2.95. The van der Waals surface area contributed by atoms with Crippen LogP contribution in [0, 0.1) is 12.7 Å². The summed E-state index contributed by atoms with van der Waals surface area (Å²) in [6.45, 7) is 1.54. The summed E-state index contributed by atoms with van der Waals surface area (Å²) in [5, 5.41) is 0. The molecule has 1 N–H and O–H groups in total. The fourth-order valence-electron chi connectivity index (χ4n) is 1.79. The average Bonchev–Trinajstić information content (AvgIpc) is 2.41. The molecule has 2 aromatic rings. The van der Waals surface area contributed by atoms with Gasteiger partial charge in [0.05, 0.1) is 16.1 Å². The molecule has 3 nitrogen and oxygen atoms in total. The van der Waals surface area contributed by atoms with E-state index in [2.05, 4.69) is 20.7 Å². The molecule has 0 radical (unpaired) electrons. The number of rotatable bonds is 3. The van der Waals surface area contributed by atoms with Gasteiger partial charge in [0.15, 0.2) is 0 Å². The van der Waals surface area contributed by atoms with Gasteiger partial charge in [0, 0.05) is 4.47 Å². The zero-order chi connectivity index (χ0) is 17.4. The lowest BCUT2D eigenvalue weighted by Gasteiger charge is -2.13. The SMILES string of the molecule is Cc1ccc(F)cc1NS(=O)(=O)c1cc(Br)cc(C(F)(F)F)c1. The monoisotopic (exact) mass is 411 g/mol. The van der Waals surface area contributed by atoms with E-state index in [4.69, 9.17) is 0 Å². The van der Waals surface area contributed by atoms with Gasteiger partial charge in [-0.3, -0.25) is 4.72 Å². The molecule has 124 valence electrons. The first-order valence-electron chi connectivity index (χ1n) is 6.16. The molecular weight excluding hydrogens is 402 g/mol. The lowest BCUT2D eigenvalue weighted by atomic mass is 10.2. The second-order valence-electron chi connectivity index (χ2n) is 4.74. The van der Waals surface area contributed by atoms with Crippen molar-refractivity contribution in [3.05, 3.63) is 57.8 Å². The molecule has 0 fully saturated rings. The molecule has 0 saturated heterocycles. The molecule has 0 bridgehead atoms. The number of hydrogen-bond acceptors (Lipinski definition) is 2. The third kappa shape index (κ3) is 4.23. The van der Waals surface area contributed by atoms with Crippen LogP contribution in [-0.2, 0) is 16.2 Å². The van der Waals surface area contributed by atoms with Crippen molar-refractivity contribution in [1.29, 1.82) is 0 Å². The van der Waals surface area contributed by atoms with E-state index in [1.54, 1.807) is 6.92 Å². The second kappa shape index (κ2) is 6.12. The van der Waals surface area contributed by atoms with Crippen molar-refractivity contribution in [3.8, 4) is 0 Å². The van der Waals surface area contributed by atoms with E-state index in [1.807, 2.05) is 0 Å². The summed E-state index contributed by atoms with van der Waals surface area (Å²) in [5.74, 6) is -0.668. The van der Waals surface area contributed by atoms with E-state index < -0.39 is 32.5 Å². The highest BCUT2D eigenvalue weighted by Gasteiger charge is 2.32. The number of sulfonamides is 1. The minimum atomic E-state index is -4.69. The highest BCUT2D eigenvalue weighted by atomic mass is 79.9. The molecule has 0 aliphatic heterocycles. The Morgan fingerprint density at radius 2 is 1.74 bits per heavy atom. The number of halogens is 5. The highest BCUT2D eigenvalue weighted by molar-refractivity contribution is 9.10. The van der Waals surface area contributed by atoms with Crippen LogP contribution in [0.1, 0.15) is 11.1 Å².